The summed E-state index contributed by atoms with van der Waals surface area (Å²) in [5.41, 5.74) is 1.97. The Morgan fingerprint density at radius 2 is 2.16 bits per heavy atom. The van der Waals surface area contributed by atoms with Crippen molar-refractivity contribution < 1.29 is 9.90 Å². The fourth-order valence-electron chi connectivity index (χ4n) is 1.58. The van der Waals surface area contributed by atoms with Crippen LogP contribution in [0.5, 0.6) is 0 Å². The van der Waals surface area contributed by atoms with E-state index in [2.05, 4.69) is 10.6 Å². The second-order valence-corrected chi connectivity index (χ2v) is 5.55. The van der Waals surface area contributed by atoms with Crippen LogP contribution in [0, 0.1) is 5.92 Å². The Labute approximate surface area is 119 Å². The molecule has 5 heteroatoms. The number of aliphatic hydroxyl groups excluding tert-OH is 1. The average Bonchev–Trinajstić information content (AvgIpc) is 2.38. The number of carbonyl (C=O) groups is 1. The molecule has 4 nitrogen and oxygen atoms in total. The summed E-state index contributed by atoms with van der Waals surface area (Å²) in [4.78, 5) is 11.8. The predicted molar refractivity (Wildman–Crippen MR) is 81.5 cm³/mol. The van der Waals surface area contributed by atoms with E-state index in [1.165, 1.54) is 5.56 Å². The van der Waals surface area contributed by atoms with Crippen LogP contribution in [0.25, 0.3) is 0 Å². The first-order valence-corrected chi connectivity index (χ1v) is 7.72. The van der Waals surface area contributed by atoms with Gasteiger partial charge >= 0.3 is 6.03 Å². The van der Waals surface area contributed by atoms with Crippen LogP contribution < -0.4 is 10.6 Å². The molecule has 0 aliphatic rings. The predicted octanol–water partition coefficient (Wildman–Crippen LogP) is 2.69. The molecule has 0 radical (unpaired) electrons. The highest BCUT2D eigenvalue weighted by Crippen LogP contribution is 2.15. The summed E-state index contributed by atoms with van der Waals surface area (Å²) < 4.78 is 0. The maximum Gasteiger partial charge on any atom is 0.319 e. The number of nitrogens with one attached hydrogen (secondary N) is 2. The van der Waals surface area contributed by atoms with Gasteiger partial charge in [-0.25, -0.2) is 4.79 Å². The third-order valence-electron chi connectivity index (χ3n) is 3.00. The van der Waals surface area contributed by atoms with Crippen molar-refractivity contribution in [1.82, 2.24) is 5.32 Å². The number of hydrogen-bond acceptors (Lipinski definition) is 3. The minimum absolute atomic E-state index is 0.0357. The number of benzene rings is 1. The quantitative estimate of drug-likeness (QED) is 0.752. The topological polar surface area (TPSA) is 61.4 Å². The lowest BCUT2D eigenvalue weighted by Crippen LogP contribution is -2.40. The van der Waals surface area contributed by atoms with E-state index in [0.29, 0.717) is 0 Å². The van der Waals surface area contributed by atoms with Gasteiger partial charge in [0.05, 0.1) is 0 Å². The van der Waals surface area contributed by atoms with E-state index in [1.54, 1.807) is 11.8 Å². The molecule has 2 amide bonds. The Bertz CT molecular complexity index is 412. The van der Waals surface area contributed by atoms with Crippen LogP contribution in [0.15, 0.2) is 24.3 Å². The molecule has 1 aromatic carbocycles. The number of anilines is 1. The summed E-state index contributed by atoms with van der Waals surface area (Å²) in [6.07, 6.45) is 2.05. The summed E-state index contributed by atoms with van der Waals surface area (Å²) >= 11 is 1.74. The van der Waals surface area contributed by atoms with Crippen molar-refractivity contribution in [1.29, 1.82) is 0 Å². The molecular weight excluding hydrogens is 260 g/mol. The molecule has 106 valence electrons. The number of hydrogen-bond donors (Lipinski definition) is 3. The summed E-state index contributed by atoms with van der Waals surface area (Å²) in [6.45, 7) is 3.83. The normalized spacial score (nSPS) is 13.7. The van der Waals surface area contributed by atoms with E-state index in [-0.39, 0.29) is 24.6 Å². The smallest absolute Gasteiger partial charge is 0.319 e. The summed E-state index contributed by atoms with van der Waals surface area (Å²) in [5.74, 6) is 0.961. The molecule has 0 unspecified atom stereocenters. The first-order chi connectivity index (χ1) is 9.06. The van der Waals surface area contributed by atoms with Gasteiger partial charge in [-0.15, -0.1) is 0 Å². The van der Waals surface area contributed by atoms with Crippen LogP contribution in [0.3, 0.4) is 0 Å². The summed E-state index contributed by atoms with van der Waals surface area (Å²) in [6, 6.07) is 7.49. The van der Waals surface area contributed by atoms with Gasteiger partial charge in [-0.05, 0) is 36.8 Å². The highest BCUT2D eigenvalue weighted by molar-refractivity contribution is 7.97. The van der Waals surface area contributed by atoms with E-state index in [4.69, 9.17) is 5.11 Å². The Hall–Kier alpha value is -1.20. The van der Waals surface area contributed by atoms with Crippen LogP contribution in [0.4, 0.5) is 10.5 Å². The molecular formula is C14H22N2O2S. The van der Waals surface area contributed by atoms with Crippen molar-refractivity contribution in [3.63, 3.8) is 0 Å². The number of carbonyl (C=O) groups excluding carboxylic acids is 1. The van der Waals surface area contributed by atoms with Crippen molar-refractivity contribution >= 4 is 23.5 Å². The van der Waals surface area contributed by atoms with Gasteiger partial charge in [0.25, 0.3) is 0 Å². The molecule has 0 aliphatic carbocycles. The SMILES string of the molecule is CSCc1cccc(NC(=O)N[C@H](C)[C@@H](C)CO)c1. The lowest BCUT2D eigenvalue weighted by atomic mass is 10.1. The Kier molecular flexibility index (Phi) is 6.73. The van der Waals surface area contributed by atoms with Crippen molar-refractivity contribution in [3.05, 3.63) is 29.8 Å². The van der Waals surface area contributed by atoms with E-state index < -0.39 is 0 Å². The molecule has 0 aromatic heterocycles. The molecule has 0 aliphatic heterocycles. The van der Waals surface area contributed by atoms with Crippen molar-refractivity contribution in [3.8, 4) is 0 Å². The van der Waals surface area contributed by atoms with Gasteiger partial charge in [0, 0.05) is 24.1 Å². The molecule has 2 atom stereocenters. The third kappa shape index (κ3) is 5.53. The van der Waals surface area contributed by atoms with Gasteiger partial charge in [-0.2, -0.15) is 11.8 Å². The first kappa shape index (κ1) is 15.9. The highest BCUT2D eigenvalue weighted by Gasteiger charge is 2.13. The third-order valence-corrected chi connectivity index (χ3v) is 3.62. The number of rotatable bonds is 6. The molecule has 0 fully saturated rings. The molecule has 0 spiro atoms. The largest absolute Gasteiger partial charge is 0.396 e. The van der Waals surface area contributed by atoms with Gasteiger partial charge in [-0.1, -0.05) is 19.1 Å². The minimum Gasteiger partial charge on any atom is -0.396 e. The highest BCUT2D eigenvalue weighted by atomic mass is 32.2. The van der Waals surface area contributed by atoms with Gasteiger partial charge < -0.3 is 15.7 Å². The molecule has 1 aromatic rings. The Balaban J connectivity index is 2.54. The number of amides is 2. The van der Waals surface area contributed by atoms with Gasteiger partial charge in [0.15, 0.2) is 0 Å². The van der Waals surface area contributed by atoms with Crippen molar-refractivity contribution in [2.75, 3.05) is 18.2 Å². The van der Waals surface area contributed by atoms with Crippen molar-refractivity contribution in [2.24, 2.45) is 5.92 Å². The second-order valence-electron chi connectivity index (χ2n) is 4.68. The van der Waals surface area contributed by atoms with E-state index in [9.17, 15) is 4.79 Å². The zero-order chi connectivity index (χ0) is 14.3. The van der Waals surface area contributed by atoms with Crippen LogP contribution in [-0.4, -0.2) is 30.0 Å². The maximum absolute atomic E-state index is 11.8. The number of thioether (sulfide) groups is 1. The fraction of sp³-hybridized carbons (Fsp3) is 0.500. The van der Waals surface area contributed by atoms with E-state index in [0.717, 1.165) is 11.4 Å². The summed E-state index contributed by atoms with van der Waals surface area (Å²) in [7, 11) is 0. The number of aliphatic hydroxyl groups is 1. The van der Waals surface area contributed by atoms with Crippen LogP contribution >= 0.6 is 11.8 Å². The minimum atomic E-state index is -0.242. The zero-order valence-electron chi connectivity index (χ0n) is 11.6. The molecule has 0 saturated carbocycles. The zero-order valence-corrected chi connectivity index (χ0v) is 12.5. The Morgan fingerprint density at radius 1 is 1.42 bits per heavy atom. The lowest BCUT2D eigenvalue weighted by molar-refractivity contribution is 0.204. The molecule has 0 bridgehead atoms. The van der Waals surface area contributed by atoms with Gasteiger partial charge in [0.1, 0.15) is 0 Å². The molecule has 0 heterocycles. The van der Waals surface area contributed by atoms with Gasteiger partial charge in [-0.3, -0.25) is 0 Å². The number of urea groups is 1. The standard InChI is InChI=1S/C14H22N2O2S/c1-10(8-17)11(2)15-14(18)16-13-6-4-5-12(7-13)9-19-3/h4-7,10-11,17H,8-9H2,1-3H3,(H2,15,16,18)/t10-,11+/m0/s1. The van der Waals surface area contributed by atoms with Crippen LogP contribution in [-0.2, 0) is 5.75 Å². The molecule has 19 heavy (non-hydrogen) atoms. The molecule has 1 rings (SSSR count). The monoisotopic (exact) mass is 282 g/mol. The second kappa shape index (κ2) is 8.07. The van der Waals surface area contributed by atoms with E-state index in [1.807, 2.05) is 44.4 Å². The van der Waals surface area contributed by atoms with Crippen LogP contribution in [0.2, 0.25) is 0 Å². The molecule has 0 saturated heterocycles. The molecule has 3 N–H and O–H groups in total. The Morgan fingerprint density at radius 3 is 2.79 bits per heavy atom. The van der Waals surface area contributed by atoms with Crippen LogP contribution in [0.1, 0.15) is 19.4 Å². The summed E-state index contributed by atoms with van der Waals surface area (Å²) in [5, 5.41) is 14.7. The average molecular weight is 282 g/mol. The lowest BCUT2D eigenvalue weighted by Gasteiger charge is -2.19. The van der Waals surface area contributed by atoms with Crippen molar-refractivity contribution in [2.45, 2.75) is 25.6 Å². The van der Waals surface area contributed by atoms with E-state index >= 15 is 0 Å². The van der Waals surface area contributed by atoms with Gasteiger partial charge in [0.2, 0.25) is 0 Å². The maximum atomic E-state index is 11.8. The first-order valence-electron chi connectivity index (χ1n) is 6.33. The fourth-order valence-corrected chi connectivity index (χ4v) is 2.09.